The van der Waals surface area contributed by atoms with Crippen LogP contribution in [0, 0.1) is 0 Å². The van der Waals surface area contributed by atoms with Gasteiger partial charge in [0.25, 0.3) is 5.91 Å². The SMILES string of the molecule is COc1cc(C=NNC(=O)c2c(-c3ccccc3)nnn2-c2nonc2N)ccc1OCc1c(Cl)cccc1Cl. The van der Waals surface area contributed by atoms with Gasteiger partial charge in [0.2, 0.25) is 11.6 Å². The average Bonchev–Trinajstić information content (AvgIpc) is 3.59. The Morgan fingerprint density at radius 3 is 2.55 bits per heavy atom. The number of ether oxygens (including phenoxy) is 2. The standard InChI is InChI=1S/C26H20Cl2N8O4/c1-38-21-12-15(10-11-20(21)39-14-17-18(27)8-5-9-19(17)28)13-30-32-26(37)23-22(16-6-3-2-4-7-16)31-35-36(23)25-24(29)33-40-34-25/h2-13H,14H2,1H3,(H2,29,33)(H,32,37). The van der Waals surface area contributed by atoms with Gasteiger partial charge in [-0.15, -0.1) is 5.10 Å². The average molecular weight is 579 g/mol. The molecule has 2 heterocycles. The first kappa shape index (κ1) is 26.7. The van der Waals surface area contributed by atoms with Crippen molar-refractivity contribution in [3.05, 3.63) is 93.6 Å². The van der Waals surface area contributed by atoms with Crippen LogP contribution in [-0.2, 0) is 6.61 Å². The summed E-state index contributed by atoms with van der Waals surface area (Å²) in [6, 6.07) is 19.4. The van der Waals surface area contributed by atoms with Crippen molar-refractivity contribution in [2.75, 3.05) is 12.8 Å². The second-order valence-electron chi connectivity index (χ2n) is 8.14. The molecule has 0 radical (unpaired) electrons. The highest BCUT2D eigenvalue weighted by atomic mass is 35.5. The van der Waals surface area contributed by atoms with Crippen molar-refractivity contribution in [2.45, 2.75) is 6.61 Å². The molecule has 0 fully saturated rings. The molecular weight excluding hydrogens is 559 g/mol. The molecule has 5 rings (SSSR count). The van der Waals surface area contributed by atoms with Crippen LogP contribution < -0.4 is 20.6 Å². The summed E-state index contributed by atoms with van der Waals surface area (Å²) in [4.78, 5) is 13.3. The zero-order valence-corrected chi connectivity index (χ0v) is 22.3. The maximum atomic E-state index is 13.3. The van der Waals surface area contributed by atoms with E-state index in [-0.39, 0.29) is 29.6 Å². The first-order valence-corrected chi connectivity index (χ1v) is 12.4. The van der Waals surface area contributed by atoms with Crippen molar-refractivity contribution in [3.63, 3.8) is 0 Å². The minimum Gasteiger partial charge on any atom is -0.493 e. The Morgan fingerprint density at radius 2 is 1.85 bits per heavy atom. The van der Waals surface area contributed by atoms with E-state index in [0.29, 0.717) is 38.2 Å². The zero-order chi connectivity index (χ0) is 28.1. The highest BCUT2D eigenvalue weighted by Crippen LogP contribution is 2.31. The Bertz CT molecular complexity index is 1670. The molecule has 202 valence electrons. The summed E-state index contributed by atoms with van der Waals surface area (Å²) in [5.74, 6) is 0.253. The predicted molar refractivity (Wildman–Crippen MR) is 148 cm³/mol. The van der Waals surface area contributed by atoms with Crippen molar-refractivity contribution in [1.29, 1.82) is 0 Å². The second-order valence-corrected chi connectivity index (χ2v) is 8.95. The number of aromatic nitrogens is 5. The fourth-order valence-electron chi connectivity index (χ4n) is 3.68. The van der Waals surface area contributed by atoms with Gasteiger partial charge >= 0.3 is 0 Å². The van der Waals surface area contributed by atoms with Crippen molar-refractivity contribution in [1.82, 2.24) is 30.7 Å². The molecule has 0 aliphatic rings. The smallest absolute Gasteiger partial charge is 0.292 e. The molecule has 5 aromatic rings. The van der Waals surface area contributed by atoms with Gasteiger partial charge in [0.05, 0.1) is 13.3 Å². The third kappa shape index (κ3) is 5.58. The Morgan fingerprint density at radius 1 is 1.07 bits per heavy atom. The summed E-state index contributed by atoms with van der Waals surface area (Å²) in [6.45, 7) is 0.148. The number of nitrogens with two attached hydrogens (primary N) is 1. The number of methoxy groups -OCH3 is 1. The van der Waals surface area contributed by atoms with Gasteiger partial charge in [-0.05, 0) is 46.2 Å². The quantitative estimate of drug-likeness (QED) is 0.189. The molecule has 0 saturated heterocycles. The van der Waals surface area contributed by atoms with Crippen LogP contribution in [0.25, 0.3) is 17.1 Å². The first-order chi connectivity index (χ1) is 19.5. The number of hydrogen-bond donors (Lipinski definition) is 2. The second kappa shape index (κ2) is 11.8. The Labute approximate surface area is 237 Å². The number of benzene rings is 3. The number of rotatable bonds is 9. The van der Waals surface area contributed by atoms with E-state index in [9.17, 15) is 4.79 Å². The van der Waals surface area contributed by atoms with E-state index >= 15 is 0 Å². The number of carbonyl (C=O) groups is 1. The van der Waals surface area contributed by atoms with E-state index in [1.807, 2.05) is 18.2 Å². The highest BCUT2D eigenvalue weighted by molar-refractivity contribution is 6.35. The lowest BCUT2D eigenvalue weighted by molar-refractivity contribution is 0.0947. The van der Waals surface area contributed by atoms with Gasteiger partial charge in [-0.3, -0.25) is 4.79 Å². The number of nitrogens with zero attached hydrogens (tertiary/aromatic N) is 6. The Hall–Kier alpha value is -4.94. The van der Waals surface area contributed by atoms with E-state index in [1.165, 1.54) is 13.3 Å². The molecule has 0 saturated carbocycles. The number of anilines is 1. The maximum absolute atomic E-state index is 13.3. The van der Waals surface area contributed by atoms with E-state index < -0.39 is 5.91 Å². The molecule has 0 aliphatic carbocycles. The van der Waals surface area contributed by atoms with E-state index in [2.05, 4.69) is 35.8 Å². The lowest BCUT2D eigenvalue weighted by Crippen LogP contribution is -2.22. The molecule has 12 nitrogen and oxygen atoms in total. The topological polar surface area (TPSA) is 156 Å². The number of nitrogen functional groups attached to an aromatic ring is 1. The lowest BCUT2D eigenvalue weighted by Gasteiger charge is -2.13. The van der Waals surface area contributed by atoms with Crippen LogP contribution in [0.3, 0.4) is 0 Å². The number of nitrogens with one attached hydrogen (secondary N) is 1. The van der Waals surface area contributed by atoms with Gasteiger partial charge < -0.3 is 15.2 Å². The monoisotopic (exact) mass is 578 g/mol. The molecular formula is C26H20Cl2N8O4. The number of hydrogen-bond acceptors (Lipinski definition) is 10. The first-order valence-electron chi connectivity index (χ1n) is 11.6. The summed E-state index contributed by atoms with van der Waals surface area (Å²) in [5.41, 5.74) is 10.6. The normalized spacial score (nSPS) is 11.1. The van der Waals surface area contributed by atoms with Crippen molar-refractivity contribution >= 4 is 41.1 Å². The van der Waals surface area contributed by atoms with E-state index in [0.717, 1.165) is 4.68 Å². The molecule has 3 aromatic carbocycles. The third-order valence-corrected chi connectivity index (χ3v) is 6.34. The highest BCUT2D eigenvalue weighted by Gasteiger charge is 2.25. The van der Waals surface area contributed by atoms with E-state index in [4.69, 9.17) is 38.4 Å². The van der Waals surface area contributed by atoms with Crippen LogP contribution in [-0.4, -0.2) is 44.5 Å². The minimum atomic E-state index is -0.619. The minimum absolute atomic E-state index is 0.0159. The van der Waals surface area contributed by atoms with Gasteiger partial charge in [0, 0.05) is 21.2 Å². The third-order valence-electron chi connectivity index (χ3n) is 5.63. The fraction of sp³-hybridized carbons (Fsp3) is 0.0769. The van der Waals surface area contributed by atoms with Crippen LogP contribution in [0.1, 0.15) is 21.6 Å². The molecule has 0 unspecified atom stereocenters. The molecule has 1 amide bonds. The van der Waals surface area contributed by atoms with Crippen LogP contribution in [0.4, 0.5) is 5.82 Å². The van der Waals surface area contributed by atoms with Crippen molar-refractivity contribution < 1.29 is 18.9 Å². The molecule has 0 bridgehead atoms. The summed E-state index contributed by atoms with van der Waals surface area (Å²) in [6.07, 6.45) is 1.44. The molecule has 3 N–H and O–H groups in total. The van der Waals surface area contributed by atoms with E-state index in [1.54, 1.807) is 48.5 Å². The lowest BCUT2D eigenvalue weighted by atomic mass is 10.1. The van der Waals surface area contributed by atoms with Crippen LogP contribution in [0.15, 0.2) is 76.5 Å². The van der Waals surface area contributed by atoms with Crippen LogP contribution >= 0.6 is 23.2 Å². The molecule has 0 atom stereocenters. The van der Waals surface area contributed by atoms with Gasteiger partial charge in [-0.2, -0.15) is 9.78 Å². The van der Waals surface area contributed by atoms with Crippen molar-refractivity contribution in [3.8, 4) is 28.6 Å². The summed E-state index contributed by atoms with van der Waals surface area (Å²) in [5, 5.41) is 20.5. The molecule has 14 heteroatoms. The molecule has 0 aliphatic heterocycles. The zero-order valence-electron chi connectivity index (χ0n) is 20.8. The fourth-order valence-corrected chi connectivity index (χ4v) is 4.19. The summed E-state index contributed by atoms with van der Waals surface area (Å²) >= 11 is 12.5. The Balaban J connectivity index is 1.35. The maximum Gasteiger partial charge on any atom is 0.292 e. The molecule has 40 heavy (non-hydrogen) atoms. The molecule has 0 spiro atoms. The van der Waals surface area contributed by atoms with Gasteiger partial charge in [0.1, 0.15) is 12.3 Å². The largest absolute Gasteiger partial charge is 0.493 e. The summed E-state index contributed by atoms with van der Waals surface area (Å²) in [7, 11) is 1.51. The number of halogens is 2. The van der Waals surface area contributed by atoms with Crippen LogP contribution in [0.2, 0.25) is 10.0 Å². The number of amides is 1. The van der Waals surface area contributed by atoms with Crippen LogP contribution in [0.5, 0.6) is 11.5 Å². The van der Waals surface area contributed by atoms with Crippen molar-refractivity contribution in [2.24, 2.45) is 5.10 Å². The Kier molecular flexibility index (Phi) is 7.89. The number of hydrazone groups is 1. The predicted octanol–water partition coefficient (Wildman–Crippen LogP) is 4.56. The molecule has 2 aromatic heterocycles. The van der Waals surface area contributed by atoms with Gasteiger partial charge in [-0.1, -0.05) is 64.8 Å². The van der Waals surface area contributed by atoms with Gasteiger partial charge in [-0.25, -0.2) is 10.1 Å². The summed E-state index contributed by atoms with van der Waals surface area (Å²) < 4.78 is 17.1. The van der Waals surface area contributed by atoms with Gasteiger partial charge in [0.15, 0.2) is 17.2 Å². The number of carbonyl (C=O) groups excluding carboxylic acids is 1.